The van der Waals surface area contributed by atoms with E-state index in [2.05, 4.69) is 48.3 Å². The van der Waals surface area contributed by atoms with Gasteiger partial charge in [0.2, 0.25) is 5.95 Å². The van der Waals surface area contributed by atoms with E-state index < -0.39 is 0 Å². The molecule has 4 heterocycles. The number of nitrogen functional groups attached to an aromatic ring is 1. The second-order valence-electron chi connectivity index (χ2n) is 6.16. The molecule has 3 aromatic heterocycles. The maximum atomic E-state index is 5.81. The van der Waals surface area contributed by atoms with Crippen LogP contribution in [0.1, 0.15) is 37.9 Å². The zero-order valence-corrected chi connectivity index (χ0v) is 13.7. The highest BCUT2D eigenvalue weighted by atomic mass is 15.4. The molecule has 9 heteroatoms. The summed E-state index contributed by atoms with van der Waals surface area (Å²) in [5.74, 6) is 1.09. The number of anilines is 2. The fourth-order valence-electron chi connectivity index (χ4n) is 3.27. The highest BCUT2D eigenvalue weighted by molar-refractivity contribution is 5.84. The average molecular weight is 327 g/mol. The highest BCUT2D eigenvalue weighted by Crippen LogP contribution is 2.28. The van der Waals surface area contributed by atoms with Crippen LogP contribution in [0.25, 0.3) is 11.2 Å². The summed E-state index contributed by atoms with van der Waals surface area (Å²) in [5.41, 5.74) is 8.34. The number of hydrogen-bond donors (Lipinski definition) is 2. The number of nitrogens with one attached hydrogen (secondary N) is 1. The normalized spacial score (nSPS) is 16.1. The van der Waals surface area contributed by atoms with Gasteiger partial charge in [-0.3, -0.25) is 0 Å². The molecule has 3 aromatic rings. The summed E-state index contributed by atoms with van der Waals surface area (Å²) in [6.45, 7) is 3.93. The number of H-pyrrole nitrogens is 1. The number of aromatic nitrogens is 7. The van der Waals surface area contributed by atoms with Crippen molar-refractivity contribution >= 4 is 22.9 Å². The van der Waals surface area contributed by atoms with Gasteiger partial charge in [-0.05, 0) is 19.3 Å². The van der Waals surface area contributed by atoms with Gasteiger partial charge in [-0.1, -0.05) is 18.6 Å². The van der Waals surface area contributed by atoms with E-state index in [1.54, 1.807) is 6.33 Å². The summed E-state index contributed by atoms with van der Waals surface area (Å²) in [4.78, 5) is 18.1. The van der Waals surface area contributed by atoms with Crippen LogP contribution in [0.2, 0.25) is 0 Å². The standard InChI is InChI=1S/C15H21N9/c1-2-3-10-8-24(22-21-10)11-4-6-23(7-5-11)14-12-13(18-9-17-12)19-15(16)20-14/h8-9,11H,2-7H2,1H3,(H3,16,17,18,19,20). The molecule has 0 bridgehead atoms. The lowest BCUT2D eigenvalue weighted by Crippen LogP contribution is -2.35. The monoisotopic (exact) mass is 327 g/mol. The number of hydrogen-bond acceptors (Lipinski definition) is 7. The molecule has 0 aliphatic carbocycles. The maximum Gasteiger partial charge on any atom is 0.224 e. The van der Waals surface area contributed by atoms with Crippen molar-refractivity contribution in [1.29, 1.82) is 0 Å². The second-order valence-corrected chi connectivity index (χ2v) is 6.16. The summed E-state index contributed by atoms with van der Waals surface area (Å²) >= 11 is 0. The first-order valence-corrected chi connectivity index (χ1v) is 8.37. The Morgan fingerprint density at radius 3 is 2.92 bits per heavy atom. The predicted octanol–water partition coefficient (Wildman–Crippen LogP) is 1.32. The first kappa shape index (κ1) is 14.9. The molecular formula is C15H21N9. The van der Waals surface area contributed by atoms with Crippen LogP contribution in [-0.4, -0.2) is 48.0 Å². The van der Waals surface area contributed by atoms with E-state index in [0.29, 0.717) is 11.7 Å². The maximum absolute atomic E-state index is 5.81. The topological polar surface area (TPSA) is 114 Å². The van der Waals surface area contributed by atoms with Crippen LogP contribution in [0.5, 0.6) is 0 Å². The molecule has 0 radical (unpaired) electrons. The molecule has 0 spiro atoms. The van der Waals surface area contributed by atoms with Crippen molar-refractivity contribution < 1.29 is 0 Å². The Kier molecular flexibility index (Phi) is 3.75. The second kappa shape index (κ2) is 6.06. The fourth-order valence-corrected chi connectivity index (χ4v) is 3.27. The van der Waals surface area contributed by atoms with Gasteiger partial charge in [-0.15, -0.1) is 5.10 Å². The third-order valence-electron chi connectivity index (χ3n) is 4.49. The van der Waals surface area contributed by atoms with Crippen molar-refractivity contribution in [2.45, 2.75) is 38.6 Å². The van der Waals surface area contributed by atoms with Crippen molar-refractivity contribution in [3.8, 4) is 0 Å². The van der Waals surface area contributed by atoms with Gasteiger partial charge in [0.05, 0.1) is 18.1 Å². The Hall–Kier alpha value is -2.71. The van der Waals surface area contributed by atoms with Crippen molar-refractivity contribution in [3.63, 3.8) is 0 Å². The summed E-state index contributed by atoms with van der Waals surface area (Å²) in [6.07, 6.45) is 7.77. The van der Waals surface area contributed by atoms with Crippen LogP contribution in [-0.2, 0) is 6.42 Å². The number of rotatable bonds is 4. The van der Waals surface area contributed by atoms with Crippen LogP contribution < -0.4 is 10.6 Å². The quantitative estimate of drug-likeness (QED) is 0.742. The molecule has 0 saturated carbocycles. The number of aryl methyl sites for hydroxylation is 1. The van der Waals surface area contributed by atoms with Crippen molar-refractivity contribution in [2.24, 2.45) is 0 Å². The molecule has 4 rings (SSSR count). The van der Waals surface area contributed by atoms with Gasteiger partial charge in [0.1, 0.15) is 5.52 Å². The summed E-state index contributed by atoms with van der Waals surface area (Å²) in [7, 11) is 0. The van der Waals surface area contributed by atoms with E-state index in [1.807, 2.05) is 4.68 Å². The van der Waals surface area contributed by atoms with E-state index in [4.69, 9.17) is 5.73 Å². The van der Waals surface area contributed by atoms with Gasteiger partial charge in [0.25, 0.3) is 0 Å². The molecule has 1 aliphatic rings. The largest absolute Gasteiger partial charge is 0.368 e. The molecule has 126 valence electrons. The van der Waals surface area contributed by atoms with Gasteiger partial charge < -0.3 is 15.6 Å². The zero-order valence-electron chi connectivity index (χ0n) is 13.7. The molecule has 0 atom stereocenters. The zero-order chi connectivity index (χ0) is 16.5. The van der Waals surface area contributed by atoms with Crippen molar-refractivity contribution in [2.75, 3.05) is 23.7 Å². The number of imidazole rings is 1. The Balaban J connectivity index is 1.50. The summed E-state index contributed by atoms with van der Waals surface area (Å²) < 4.78 is 2.02. The van der Waals surface area contributed by atoms with Gasteiger partial charge in [0, 0.05) is 19.3 Å². The van der Waals surface area contributed by atoms with Gasteiger partial charge in [-0.25, -0.2) is 9.67 Å². The van der Waals surface area contributed by atoms with Crippen LogP contribution in [0, 0.1) is 0 Å². The Bertz CT molecular complexity index is 828. The fraction of sp³-hybridized carbons (Fsp3) is 0.533. The molecule has 0 amide bonds. The van der Waals surface area contributed by atoms with E-state index in [-0.39, 0.29) is 5.95 Å². The summed E-state index contributed by atoms with van der Waals surface area (Å²) in [5, 5.41) is 8.55. The number of piperidine rings is 1. The molecule has 9 nitrogen and oxygen atoms in total. The van der Waals surface area contributed by atoms with E-state index >= 15 is 0 Å². The predicted molar refractivity (Wildman–Crippen MR) is 90.6 cm³/mol. The Morgan fingerprint density at radius 1 is 1.29 bits per heavy atom. The third kappa shape index (κ3) is 2.66. The van der Waals surface area contributed by atoms with Gasteiger partial charge >= 0.3 is 0 Å². The lowest BCUT2D eigenvalue weighted by atomic mass is 10.1. The van der Waals surface area contributed by atoms with E-state index in [1.165, 1.54) is 0 Å². The SMILES string of the molecule is CCCc1cn(C2CCN(c3nc(N)nc4nc[nH]c34)CC2)nn1. The first-order chi connectivity index (χ1) is 11.7. The lowest BCUT2D eigenvalue weighted by Gasteiger charge is -2.32. The van der Waals surface area contributed by atoms with Crippen LogP contribution in [0.3, 0.4) is 0 Å². The number of nitrogens with zero attached hydrogens (tertiary/aromatic N) is 7. The first-order valence-electron chi connectivity index (χ1n) is 8.37. The highest BCUT2D eigenvalue weighted by Gasteiger charge is 2.24. The lowest BCUT2D eigenvalue weighted by molar-refractivity contribution is 0.359. The molecule has 3 N–H and O–H groups in total. The minimum Gasteiger partial charge on any atom is -0.368 e. The molecular weight excluding hydrogens is 306 g/mol. The minimum atomic E-state index is 0.257. The van der Waals surface area contributed by atoms with E-state index in [0.717, 1.165) is 55.8 Å². The Morgan fingerprint density at radius 2 is 2.12 bits per heavy atom. The molecule has 24 heavy (non-hydrogen) atoms. The molecule has 0 unspecified atom stereocenters. The van der Waals surface area contributed by atoms with Crippen LogP contribution >= 0.6 is 0 Å². The van der Waals surface area contributed by atoms with Gasteiger partial charge in [-0.2, -0.15) is 9.97 Å². The van der Waals surface area contributed by atoms with Crippen LogP contribution in [0.15, 0.2) is 12.5 Å². The average Bonchev–Trinajstić information content (AvgIpc) is 3.24. The minimum absolute atomic E-state index is 0.257. The number of nitrogens with two attached hydrogens (primary N) is 1. The number of fused-ring (bicyclic) bond motifs is 1. The number of aromatic amines is 1. The van der Waals surface area contributed by atoms with Gasteiger partial charge in [0.15, 0.2) is 11.5 Å². The van der Waals surface area contributed by atoms with Crippen LogP contribution in [0.4, 0.5) is 11.8 Å². The molecule has 1 aliphatic heterocycles. The van der Waals surface area contributed by atoms with Crippen molar-refractivity contribution in [3.05, 3.63) is 18.2 Å². The van der Waals surface area contributed by atoms with E-state index in [9.17, 15) is 0 Å². The molecule has 0 aromatic carbocycles. The van der Waals surface area contributed by atoms with Crippen molar-refractivity contribution in [1.82, 2.24) is 34.9 Å². The molecule has 1 fully saturated rings. The Labute approximate surface area is 139 Å². The molecule has 1 saturated heterocycles. The summed E-state index contributed by atoms with van der Waals surface area (Å²) in [6, 6.07) is 0.385. The smallest absolute Gasteiger partial charge is 0.224 e. The third-order valence-corrected chi connectivity index (χ3v) is 4.49.